The molecule has 2 fully saturated rings. The van der Waals surface area contributed by atoms with E-state index in [1.165, 1.54) is 12.0 Å². The van der Waals surface area contributed by atoms with E-state index < -0.39 is 35.9 Å². The van der Waals surface area contributed by atoms with E-state index in [4.69, 9.17) is 10.00 Å². The number of carboxylic acids is 1. The van der Waals surface area contributed by atoms with Crippen molar-refractivity contribution in [1.29, 1.82) is 5.26 Å². The molecule has 1 amide bonds. The summed E-state index contributed by atoms with van der Waals surface area (Å²) in [7, 11) is 1.27. The van der Waals surface area contributed by atoms with Crippen molar-refractivity contribution < 1.29 is 24.2 Å². The van der Waals surface area contributed by atoms with Crippen LogP contribution in [-0.4, -0.2) is 41.0 Å². The lowest BCUT2D eigenvalue weighted by molar-refractivity contribution is -0.153. The van der Waals surface area contributed by atoms with E-state index in [0.717, 1.165) is 25.7 Å². The zero-order valence-electron chi connectivity index (χ0n) is 16.0. The molecule has 4 atom stereocenters. The van der Waals surface area contributed by atoms with E-state index in [1.807, 2.05) is 6.07 Å². The summed E-state index contributed by atoms with van der Waals surface area (Å²) >= 11 is 0. The minimum Gasteiger partial charge on any atom is -0.480 e. The molecule has 3 rings (SSSR count). The number of carboxylic acid groups (broad SMARTS) is 1. The minimum atomic E-state index is -1.12. The van der Waals surface area contributed by atoms with Crippen LogP contribution < -0.4 is 0 Å². The van der Waals surface area contributed by atoms with Gasteiger partial charge < -0.3 is 14.7 Å². The Hall–Kier alpha value is -2.88. The van der Waals surface area contributed by atoms with Crippen molar-refractivity contribution in [3.63, 3.8) is 0 Å². The van der Waals surface area contributed by atoms with Crippen LogP contribution in [0.5, 0.6) is 0 Å². The lowest BCUT2D eigenvalue weighted by atomic mass is 9.85. The number of benzene rings is 1. The van der Waals surface area contributed by atoms with Gasteiger partial charge in [0.05, 0.1) is 30.7 Å². The Morgan fingerprint density at radius 3 is 2.29 bits per heavy atom. The molecule has 1 saturated heterocycles. The van der Waals surface area contributed by atoms with E-state index in [1.54, 1.807) is 31.2 Å². The zero-order chi connectivity index (χ0) is 20.4. The van der Waals surface area contributed by atoms with Crippen LogP contribution in [0.15, 0.2) is 24.3 Å². The second kappa shape index (κ2) is 8.01. The molecule has 0 spiro atoms. The van der Waals surface area contributed by atoms with Gasteiger partial charge in [0.1, 0.15) is 6.04 Å². The summed E-state index contributed by atoms with van der Waals surface area (Å²) in [4.78, 5) is 39.4. The van der Waals surface area contributed by atoms with Crippen molar-refractivity contribution >= 4 is 17.8 Å². The topological polar surface area (TPSA) is 108 Å². The number of nitrogens with zero attached hydrogens (tertiary/aromatic N) is 2. The van der Waals surface area contributed by atoms with Crippen molar-refractivity contribution in [3.05, 3.63) is 35.4 Å². The van der Waals surface area contributed by atoms with Crippen LogP contribution in [0.1, 0.15) is 49.8 Å². The van der Waals surface area contributed by atoms with Crippen molar-refractivity contribution in [3.8, 4) is 6.07 Å². The number of hydrogen-bond donors (Lipinski definition) is 1. The summed E-state index contributed by atoms with van der Waals surface area (Å²) in [6, 6.07) is 6.80. The van der Waals surface area contributed by atoms with Gasteiger partial charge in [0.25, 0.3) is 0 Å². The van der Waals surface area contributed by atoms with Crippen LogP contribution in [0.4, 0.5) is 0 Å². The zero-order valence-corrected chi connectivity index (χ0v) is 16.0. The minimum absolute atomic E-state index is 0.211. The normalized spacial score (nSPS) is 27.4. The highest BCUT2D eigenvalue weighted by molar-refractivity contribution is 5.89. The molecule has 7 nitrogen and oxygen atoms in total. The van der Waals surface area contributed by atoms with E-state index in [2.05, 4.69) is 0 Å². The first kappa shape index (κ1) is 19.9. The Balaban J connectivity index is 2.10. The number of carbonyl (C=O) groups is 3. The van der Waals surface area contributed by atoms with Gasteiger partial charge in [-0.1, -0.05) is 31.9 Å². The van der Waals surface area contributed by atoms with Crippen LogP contribution in [-0.2, 0) is 19.1 Å². The summed E-state index contributed by atoms with van der Waals surface area (Å²) in [5.74, 6) is -3.47. The van der Waals surface area contributed by atoms with Crippen molar-refractivity contribution in [1.82, 2.24) is 4.90 Å². The molecule has 1 aliphatic carbocycles. The molecule has 1 saturated carbocycles. The van der Waals surface area contributed by atoms with Gasteiger partial charge in [0.15, 0.2) is 0 Å². The SMILES string of the molecule is COC(=O)C1C(C)C(C(=O)O)N(C(=O)C2CCCC2)C1c1ccc(C#N)cc1. The molecule has 148 valence electrons. The Morgan fingerprint density at radius 1 is 1.18 bits per heavy atom. The highest BCUT2D eigenvalue weighted by Gasteiger charge is 2.56. The third-order valence-corrected chi connectivity index (χ3v) is 6.07. The van der Waals surface area contributed by atoms with Gasteiger partial charge in [-0.25, -0.2) is 4.79 Å². The smallest absolute Gasteiger partial charge is 0.326 e. The summed E-state index contributed by atoms with van der Waals surface area (Å²) in [5.41, 5.74) is 1.09. The second-order valence-corrected chi connectivity index (χ2v) is 7.60. The maximum Gasteiger partial charge on any atom is 0.326 e. The molecule has 1 aromatic rings. The van der Waals surface area contributed by atoms with Crippen LogP contribution in [0.2, 0.25) is 0 Å². The first-order valence-corrected chi connectivity index (χ1v) is 9.53. The Kier molecular flexibility index (Phi) is 5.68. The van der Waals surface area contributed by atoms with Crippen molar-refractivity contribution in [2.24, 2.45) is 17.8 Å². The molecule has 1 aromatic carbocycles. The molecular weight excluding hydrogens is 360 g/mol. The molecule has 0 aromatic heterocycles. The number of esters is 1. The van der Waals surface area contributed by atoms with Gasteiger partial charge in [-0.15, -0.1) is 0 Å². The van der Waals surface area contributed by atoms with Crippen LogP contribution in [0, 0.1) is 29.1 Å². The first-order valence-electron chi connectivity index (χ1n) is 9.53. The number of carbonyl (C=O) groups excluding carboxylic acids is 2. The van der Waals surface area contributed by atoms with Gasteiger partial charge in [-0.2, -0.15) is 5.26 Å². The fraction of sp³-hybridized carbons (Fsp3) is 0.524. The molecule has 1 N–H and O–H groups in total. The third kappa shape index (κ3) is 3.35. The molecule has 7 heteroatoms. The summed E-state index contributed by atoms with van der Waals surface area (Å²) in [6.45, 7) is 1.68. The number of hydrogen-bond acceptors (Lipinski definition) is 5. The lowest BCUT2D eigenvalue weighted by Crippen LogP contribution is -2.46. The molecule has 1 aliphatic heterocycles. The van der Waals surface area contributed by atoms with Crippen LogP contribution >= 0.6 is 0 Å². The first-order chi connectivity index (χ1) is 13.4. The Morgan fingerprint density at radius 2 is 1.79 bits per heavy atom. The quantitative estimate of drug-likeness (QED) is 0.799. The van der Waals surface area contributed by atoms with Gasteiger partial charge in [0.2, 0.25) is 5.91 Å². The van der Waals surface area contributed by atoms with Gasteiger partial charge in [-0.3, -0.25) is 9.59 Å². The van der Waals surface area contributed by atoms with Crippen molar-refractivity contribution in [2.75, 3.05) is 7.11 Å². The number of rotatable bonds is 4. The number of nitriles is 1. The molecule has 2 aliphatic rings. The van der Waals surface area contributed by atoms with Gasteiger partial charge >= 0.3 is 11.9 Å². The molecule has 28 heavy (non-hydrogen) atoms. The van der Waals surface area contributed by atoms with Crippen molar-refractivity contribution in [2.45, 2.75) is 44.7 Å². The number of likely N-dealkylation sites (tertiary alicyclic amines) is 1. The number of amides is 1. The predicted molar refractivity (Wildman–Crippen MR) is 98.8 cm³/mol. The Bertz CT molecular complexity index is 807. The summed E-state index contributed by atoms with van der Waals surface area (Å²) in [6.07, 6.45) is 3.36. The number of ether oxygens (including phenoxy) is 1. The maximum atomic E-state index is 13.3. The average molecular weight is 384 g/mol. The molecule has 0 radical (unpaired) electrons. The predicted octanol–water partition coefficient (Wildman–Crippen LogP) is 2.51. The summed E-state index contributed by atoms with van der Waals surface area (Å²) in [5, 5.41) is 18.9. The van der Waals surface area contributed by atoms with E-state index >= 15 is 0 Å². The molecule has 0 bridgehead atoms. The highest BCUT2D eigenvalue weighted by atomic mass is 16.5. The van der Waals surface area contributed by atoms with E-state index in [9.17, 15) is 19.5 Å². The third-order valence-electron chi connectivity index (χ3n) is 6.07. The highest BCUT2D eigenvalue weighted by Crippen LogP contribution is 2.47. The van der Waals surface area contributed by atoms with Crippen LogP contribution in [0.3, 0.4) is 0 Å². The lowest BCUT2D eigenvalue weighted by Gasteiger charge is -2.32. The largest absolute Gasteiger partial charge is 0.480 e. The molecular formula is C21H24N2O5. The maximum absolute atomic E-state index is 13.3. The number of aliphatic carboxylic acids is 1. The summed E-state index contributed by atoms with van der Waals surface area (Å²) < 4.78 is 4.96. The van der Waals surface area contributed by atoms with Gasteiger partial charge in [0, 0.05) is 11.8 Å². The number of methoxy groups -OCH3 is 1. The van der Waals surface area contributed by atoms with E-state index in [0.29, 0.717) is 11.1 Å². The fourth-order valence-electron chi connectivity index (χ4n) is 4.69. The Labute approximate surface area is 163 Å². The van der Waals surface area contributed by atoms with Crippen LogP contribution in [0.25, 0.3) is 0 Å². The average Bonchev–Trinajstić information content (AvgIpc) is 3.33. The molecule has 1 heterocycles. The second-order valence-electron chi connectivity index (χ2n) is 7.60. The molecule has 4 unspecified atom stereocenters. The van der Waals surface area contributed by atoms with Gasteiger partial charge in [-0.05, 0) is 30.5 Å². The standard InChI is InChI=1S/C21H24N2O5/c1-12-16(21(27)28-2)18(14-9-7-13(11-22)8-10-14)23(17(12)20(25)26)19(24)15-5-3-4-6-15/h7-10,12,15-18H,3-6H2,1-2H3,(H,25,26). The van der Waals surface area contributed by atoms with E-state index in [-0.39, 0.29) is 11.8 Å². The monoisotopic (exact) mass is 384 g/mol. The fourth-order valence-corrected chi connectivity index (χ4v) is 4.69.